The molecule has 0 aliphatic carbocycles. The van der Waals surface area contributed by atoms with Crippen LogP contribution >= 0.6 is 0 Å². The van der Waals surface area contributed by atoms with Crippen LogP contribution in [-0.2, 0) is 9.53 Å². The van der Waals surface area contributed by atoms with E-state index in [1.807, 2.05) is 0 Å². The minimum absolute atomic E-state index is 0.0837. The van der Waals surface area contributed by atoms with E-state index in [9.17, 15) is 4.79 Å². The molecule has 0 fully saturated rings. The summed E-state index contributed by atoms with van der Waals surface area (Å²) in [4.78, 5) is 11.9. The Hall–Kier alpha value is -0.610. The van der Waals surface area contributed by atoms with Crippen LogP contribution in [0.1, 0.15) is 53.4 Å². The first kappa shape index (κ1) is 19.4. The van der Waals surface area contributed by atoms with E-state index in [4.69, 9.17) is 10.5 Å². The van der Waals surface area contributed by atoms with E-state index in [1.165, 1.54) is 0 Å². The molecule has 0 rings (SSSR count). The molecule has 1 unspecified atom stereocenters. The molecule has 120 valence electrons. The molecule has 20 heavy (non-hydrogen) atoms. The fourth-order valence-electron chi connectivity index (χ4n) is 2.23. The van der Waals surface area contributed by atoms with E-state index in [0.29, 0.717) is 31.3 Å². The van der Waals surface area contributed by atoms with Gasteiger partial charge in [-0.3, -0.25) is 4.79 Å². The van der Waals surface area contributed by atoms with Gasteiger partial charge in [0.2, 0.25) is 5.91 Å². The van der Waals surface area contributed by atoms with Gasteiger partial charge in [-0.25, -0.2) is 0 Å². The van der Waals surface area contributed by atoms with Crippen LogP contribution in [0.15, 0.2) is 0 Å². The Morgan fingerprint density at radius 2 is 1.95 bits per heavy atom. The van der Waals surface area contributed by atoms with Crippen molar-refractivity contribution in [1.29, 1.82) is 0 Å². The molecule has 0 saturated heterocycles. The van der Waals surface area contributed by atoms with Crippen molar-refractivity contribution in [3.63, 3.8) is 0 Å². The Balaban J connectivity index is 3.98. The van der Waals surface area contributed by atoms with Crippen LogP contribution < -0.4 is 11.1 Å². The van der Waals surface area contributed by atoms with Crippen LogP contribution in [0.2, 0.25) is 0 Å². The van der Waals surface area contributed by atoms with Gasteiger partial charge in [0.15, 0.2) is 0 Å². The van der Waals surface area contributed by atoms with Crippen LogP contribution in [0.3, 0.4) is 0 Å². The van der Waals surface area contributed by atoms with Crippen molar-refractivity contribution in [1.82, 2.24) is 5.32 Å². The van der Waals surface area contributed by atoms with Gasteiger partial charge < -0.3 is 15.8 Å². The number of amides is 1. The van der Waals surface area contributed by atoms with E-state index in [1.54, 1.807) is 7.11 Å². The highest BCUT2D eigenvalue weighted by Gasteiger charge is 2.19. The Kier molecular flexibility index (Phi) is 9.86. The topological polar surface area (TPSA) is 64.3 Å². The van der Waals surface area contributed by atoms with Crippen LogP contribution in [0.25, 0.3) is 0 Å². The average Bonchev–Trinajstić information content (AvgIpc) is 2.38. The van der Waals surface area contributed by atoms with Crippen molar-refractivity contribution in [2.45, 2.75) is 53.4 Å². The quantitative estimate of drug-likeness (QED) is 0.613. The molecule has 0 radical (unpaired) electrons. The Bertz CT molecular complexity index is 265. The SMILES string of the molecule is COCCC(C)(C)CNC(=O)CCC(CCN)C(C)C. The molecule has 0 aromatic heterocycles. The molecule has 1 atom stereocenters. The van der Waals surface area contributed by atoms with Crippen LogP contribution in [0.5, 0.6) is 0 Å². The lowest BCUT2D eigenvalue weighted by Gasteiger charge is -2.25. The number of methoxy groups -OCH3 is 1. The van der Waals surface area contributed by atoms with Crippen LogP contribution in [-0.4, -0.2) is 32.7 Å². The Labute approximate surface area is 124 Å². The summed E-state index contributed by atoms with van der Waals surface area (Å²) in [7, 11) is 1.71. The lowest BCUT2D eigenvalue weighted by molar-refractivity contribution is -0.122. The van der Waals surface area contributed by atoms with Crippen molar-refractivity contribution >= 4 is 5.91 Å². The maximum Gasteiger partial charge on any atom is 0.220 e. The lowest BCUT2D eigenvalue weighted by Crippen LogP contribution is -2.35. The van der Waals surface area contributed by atoms with Gasteiger partial charge in [0.05, 0.1) is 0 Å². The van der Waals surface area contributed by atoms with Gasteiger partial charge in [-0.1, -0.05) is 27.7 Å². The summed E-state index contributed by atoms with van der Waals surface area (Å²) in [5, 5.41) is 3.04. The molecule has 1 amide bonds. The van der Waals surface area contributed by atoms with Crippen molar-refractivity contribution < 1.29 is 9.53 Å². The van der Waals surface area contributed by atoms with E-state index >= 15 is 0 Å². The molecular weight excluding hydrogens is 252 g/mol. The number of ether oxygens (including phenoxy) is 1. The first-order valence-electron chi connectivity index (χ1n) is 7.78. The fraction of sp³-hybridized carbons (Fsp3) is 0.938. The standard InChI is InChI=1S/C16H34N2O2/c1-13(2)14(8-10-17)6-7-15(19)18-12-16(3,4)9-11-20-5/h13-14H,6-12,17H2,1-5H3,(H,18,19). The number of nitrogens with one attached hydrogen (secondary N) is 1. The summed E-state index contributed by atoms with van der Waals surface area (Å²) in [5.74, 6) is 1.29. The van der Waals surface area contributed by atoms with E-state index in [-0.39, 0.29) is 11.3 Å². The van der Waals surface area contributed by atoms with Crippen molar-refractivity contribution in [3.05, 3.63) is 0 Å². The fourth-order valence-corrected chi connectivity index (χ4v) is 2.23. The predicted molar refractivity (Wildman–Crippen MR) is 84.5 cm³/mol. The van der Waals surface area contributed by atoms with E-state index < -0.39 is 0 Å². The van der Waals surface area contributed by atoms with E-state index in [0.717, 1.165) is 25.9 Å². The second-order valence-corrected chi connectivity index (χ2v) is 6.80. The smallest absolute Gasteiger partial charge is 0.220 e. The van der Waals surface area contributed by atoms with Gasteiger partial charge in [-0.2, -0.15) is 0 Å². The summed E-state index contributed by atoms with van der Waals surface area (Å²) in [6.45, 7) is 10.8. The number of nitrogens with two attached hydrogens (primary N) is 1. The number of rotatable bonds is 11. The van der Waals surface area contributed by atoms with Crippen molar-refractivity contribution in [2.75, 3.05) is 26.8 Å². The highest BCUT2D eigenvalue weighted by Crippen LogP contribution is 2.21. The molecule has 0 aromatic carbocycles. The van der Waals surface area contributed by atoms with Gasteiger partial charge in [-0.05, 0) is 43.1 Å². The maximum atomic E-state index is 11.9. The third-order valence-electron chi connectivity index (χ3n) is 3.97. The highest BCUT2D eigenvalue weighted by molar-refractivity contribution is 5.75. The molecule has 0 aliphatic heterocycles. The number of carbonyl (C=O) groups excluding carboxylic acids is 1. The summed E-state index contributed by atoms with van der Waals surface area (Å²) in [6, 6.07) is 0. The Morgan fingerprint density at radius 1 is 1.30 bits per heavy atom. The van der Waals surface area contributed by atoms with Gasteiger partial charge in [0.1, 0.15) is 0 Å². The summed E-state index contributed by atoms with van der Waals surface area (Å²) in [5.41, 5.74) is 5.71. The number of hydrogen-bond acceptors (Lipinski definition) is 3. The van der Waals surface area contributed by atoms with E-state index in [2.05, 4.69) is 33.0 Å². The molecule has 0 spiro atoms. The summed E-state index contributed by atoms with van der Waals surface area (Å²) < 4.78 is 5.09. The average molecular weight is 286 g/mol. The number of carbonyl (C=O) groups is 1. The van der Waals surface area contributed by atoms with Gasteiger partial charge >= 0.3 is 0 Å². The zero-order valence-corrected chi connectivity index (χ0v) is 14.0. The van der Waals surface area contributed by atoms with Gasteiger partial charge in [0.25, 0.3) is 0 Å². The molecule has 0 aromatic rings. The summed E-state index contributed by atoms with van der Waals surface area (Å²) >= 11 is 0. The monoisotopic (exact) mass is 286 g/mol. The molecule has 3 N–H and O–H groups in total. The number of hydrogen-bond donors (Lipinski definition) is 2. The van der Waals surface area contributed by atoms with Crippen LogP contribution in [0, 0.1) is 17.3 Å². The first-order chi connectivity index (χ1) is 9.32. The first-order valence-corrected chi connectivity index (χ1v) is 7.78. The third kappa shape index (κ3) is 9.32. The van der Waals surface area contributed by atoms with Crippen molar-refractivity contribution in [3.8, 4) is 0 Å². The molecule has 0 bridgehead atoms. The minimum Gasteiger partial charge on any atom is -0.385 e. The second kappa shape index (κ2) is 10.2. The predicted octanol–water partition coefficient (Wildman–Crippen LogP) is 2.57. The third-order valence-corrected chi connectivity index (χ3v) is 3.97. The maximum absolute atomic E-state index is 11.9. The molecule has 0 heterocycles. The molecule has 4 nitrogen and oxygen atoms in total. The van der Waals surface area contributed by atoms with Gasteiger partial charge in [0, 0.05) is 26.7 Å². The molecule has 0 saturated carbocycles. The largest absolute Gasteiger partial charge is 0.385 e. The zero-order valence-electron chi connectivity index (χ0n) is 14.0. The molecule has 0 aliphatic rings. The zero-order chi connectivity index (χ0) is 15.6. The highest BCUT2D eigenvalue weighted by atomic mass is 16.5. The lowest BCUT2D eigenvalue weighted by atomic mass is 9.87. The minimum atomic E-state index is 0.0837. The van der Waals surface area contributed by atoms with Crippen LogP contribution in [0.4, 0.5) is 0 Å². The normalized spacial score (nSPS) is 13.6. The summed E-state index contributed by atoms with van der Waals surface area (Å²) in [6.07, 6.45) is 3.48. The van der Waals surface area contributed by atoms with Gasteiger partial charge in [-0.15, -0.1) is 0 Å². The van der Waals surface area contributed by atoms with Crippen molar-refractivity contribution in [2.24, 2.45) is 23.0 Å². The second-order valence-electron chi connectivity index (χ2n) is 6.80. The molecular formula is C16H34N2O2. The Morgan fingerprint density at radius 3 is 2.45 bits per heavy atom. The molecule has 4 heteroatoms.